The van der Waals surface area contributed by atoms with Crippen LogP contribution in [0.5, 0.6) is 11.5 Å². The van der Waals surface area contributed by atoms with Gasteiger partial charge >= 0.3 is 5.97 Å². The predicted octanol–water partition coefficient (Wildman–Crippen LogP) is 2.95. The van der Waals surface area contributed by atoms with Gasteiger partial charge in [0.25, 0.3) is 0 Å². The largest absolute Gasteiger partial charge is 0.497 e. The number of nitriles is 1. The number of hydrogen-bond donors (Lipinski definition) is 1. The molecule has 0 bridgehead atoms. The summed E-state index contributed by atoms with van der Waals surface area (Å²) in [6.07, 6.45) is 1.46. The summed E-state index contributed by atoms with van der Waals surface area (Å²) < 4.78 is 10.1. The van der Waals surface area contributed by atoms with Crippen molar-refractivity contribution < 1.29 is 24.2 Å². The van der Waals surface area contributed by atoms with Crippen molar-refractivity contribution in [1.29, 1.82) is 5.26 Å². The number of nitrogens with zero attached hydrogens (tertiary/aromatic N) is 1. The van der Waals surface area contributed by atoms with E-state index < -0.39 is 18.4 Å². The summed E-state index contributed by atoms with van der Waals surface area (Å²) in [5, 5.41) is 17.9. The van der Waals surface area contributed by atoms with Crippen LogP contribution in [0.4, 0.5) is 0 Å². The van der Waals surface area contributed by atoms with Gasteiger partial charge in [0.1, 0.15) is 23.1 Å². The molecule has 0 aliphatic carbocycles. The lowest BCUT2D eigenvalue weighted by Gasteiger charge is -2.04. The Bertz CT molecular complexity index is 847. The molecule has 0 aliphatic rings. The number of aliphatic carboxylic acids is 1. The van der Waals surface area contributed by atoms with Crippen molar-refractivity contribution in [3.8, 4) is 17.6 Å². The molecule has 0 aromatic heterocycles. The van der Waals surface area contributed by atoms with Crippen molar-refractivity contribution in [3.05, 3.63) is 65.2 Å². The number of benzene rings is 2. The predicted molar refractivity (Wildman–Crippen MR) is 90.5 cm³/mol. The van der Waals surface area contributed by atoms with E-state index >= 15 is 0 Å². The maximum atomic E-state index is 12.5. The maximum Gasteiger partial charge on any atom is 0.341 e. The second kappa shape index (κ2) is 8.31. The van der Waals surface area contributed by atoms with Gasteiger partial charge in [0.15, 0.2) is 6.61 Å². The van der Waals surface area contributed by atoms with Crippen LogP contribution in [0.3, 0.4) is 0 Å². The molecule has 1 N–H and O–H groups in total. The molecular formula is C19H15NO5. The highest BCUT2D eigenvalue weighted by atomic mass is 16.5. The van der Waals surface area contributed by atoms with Crippen LogP contribution in [0.15, 0.2) is 54.1 Å². The molecular weight excluding hydrogens is 322 g/mol. The molecule has 0 saturated carbocycles. The molecule has 2 rings (SSSR count). The van der Waals surface area contributed by atoms with Gasteiger partial charge in [0.05, 0.1) is 7.11 Å². The highest BCUT2D eigenvalue weighted by Gasteiger charge is 2.13. The molecule has 6 nitrogen and oxygen atoms in total. The van der Waals surface area contributed by atoms with E-state index in [9.17, 15) is 14.9 Å². The van der Waals surface area contributed by atoms with Crippen molar-refractivity contribution in [2.75, 3.05) is 13.7 Å². The minimum atomic E-state index is -1.07. The molecule has 0 radical (unpaired) electrons. The summed E-state index contributed by atoms with van der Waals surface area (Å²) in [5.74, 6) is -0.563. The first kappa shape index (κ1) is 17.8. The van der Waals surface area contributed by atoms with Crippen LogP contribution in [0.2, 0.25) is 0 Å². The summed E-state index contributed by atoms with van der Waals surface area (Å²) >= 11 is 0. The molecule has 0 heterocycles. The Morgan fingerprint density at radius 2 is 1.88 bits per heavy atom. The fourth-order valence-electron chi connectivity index (χ4n) is 2.04. The topological polar surface area (TPSA) is 96.6 Å². The zero-order valence-electron chi connectivity index (χ0n) is 13.4. The molecule has 0 saturated heterocycles. The number of ketones is 1. The van der Waals surface area contributed by atoms with Gasteiger partial charge in [-0.3, -0.25) is 4.79 Å². The van der Waals surface area contributed by atoms with Crippen molar-refractivity contribution in [2.24, 2.45) is 0 Å². The number of carboxylic acid groups (broad SMARTS) is 1. The highest BCUT2D eigenvalue weighted by molar-refractivity contribution is 6.14. The summed E-state index contributed by atoms with van der Waals surface area (Å²) in [6.45, 7) is -0.438. The van der Waals surface area contributed by atoms with E-state index in [1.807, 2.05) is 6.07 Å². The number of methoxy groups -OCH3 is 1. The molecule has 0 spiro atoms. The van der Waals surface area contributed by atoms with Gasteiger partial charge in [-0.05, 0) is 35.9 Å². The van der Waals surface area contributed by atoms with Crippen LogP contribution in [0, 0.1) is 11.3 Å². The first-order valence-electron chi connectivity index (χ1n) is 7.28. The quantitative estimate of drug-likeness (QED) is 0.474. The number of carboxylic acids is 1. The molecule has 0 fully saturated rings. The Morgan fingerprint density at radius 1 is 1.16 bits per heavy atom. The monoisotopic (exact) mass is 337 g/mol. The minimum absolute atomic E-state index is 0.0209. The maximum absolute atomic E-state index is 12.5. The van der Waals surface area contributed by atoms with Crippen LogP contribution >= 0.6 is 0 Å². The normalized spacial score (nSPS) is 10.6. The molecule has 2 aromatic rings. The van der Waals surface area contributed by atoms with E-state index in [0.717, 1.165) is 0 Å². The van der Waals surface area contributed by atoms with Crippen LogP contribution in [-0.2, 0) is 4.79 Å². The lowest BCUT2D eigenvalue weighted by atomic mass is 10.0. The first-order valence-corrected chi connectivity index (χ1v) is 7.28. The lowest BCUT2D eigenvalue weighted by molar-refractivity contribution is -0.139. The molecule has 6 heteroatoms. The molecule has 0 atom stereocenters. The van der Waals surface area contributed by atoms with E-state index in [4.69, 9.17) is 14.6 Å². The standard InChI is InChI=1S/C19H15NO5/c1-24-17-4-2-3-14(10-17)19(23)15(11-20)9-13-5-7-16(8-6-13)25-12-18(21)22/h2-10H,12H2,1H3,(H,21,22)/b15-9+. The number of rotatable bonds is 7. The van der Waals surface area contributed by atoms with E-state index in [1.165, 1.54) is 13.2 Å². The van der Waals surface area contributed by atoms with Crippen LogP contribution < -0.4 is 9.47 Å². The third-order valence-corrected chi connectivity index (χ3v) is 3.25. The van der Waals surface area contributed by atoms with Gasteiger partial charge < -0.3 is 14.6 Å². The van der Waals surface area contributed by atoms with Crippen molar-refractivity contribution in [2.45, 2.75) is 0 Å². The molecule has 0 unspecified atom stereocenters. The summed E-state index contributed by atoms with van der Waals surface area (Å²) in [5.41, 5.74) is 0.955. The Morgan fingerprint density at radius 3 is 2.48 bits per heavy atom. The Hall–Kier alpha value is -3.59. The van der Waals surface area contributed by atoms with Gasteiger partial charge in [-0.2, -0.15) is 5.26 Å². The Balaban J connectivity index is 2.20. The van der Waals surface area contributed by atoms with Crippen LogP contribution in [-0.4, -0.2) is 30.6 Å². The summed E-state index contributed by atoms with van der Waals surface area (Å²) in [4.78, 5) is 22.9. The van der Waals surface area contributed by atoms with E-state index in [-0.39, 0.29) is 5.57 Å². The molecule has 0 aliphatic heterocycles. The number of allylic oxidation sites excluding steroid dienone is 1. The molecule has 126 valence electrons. The third-order valence-electron chi connectivity index (χ3n) is 3.25. The molecule has 0 amide bonds. The van der Waals surface area contributed by atoms with E-state index in [1.54, 1.807) is 48.5 Å². The van der Waals surface area contributed by atoms with E-state index in [2.05, 4.69) is 0 Å². The Kier molecular flexibility index (Phi) is 5.91. The first-order chi connectivity index (χ1) is 12.0. The fourth-order valence-corrected chi connectivity index (χ4v) is 2.04. The third kappa shape index (κ3) is 4.94. The number of carbonyl (C=O) groups excluding carboxylic acids is 1. The SMILES string of the molecule is COc1cccc(C(=O)/C(C#N)=C/c2ccc(OCC(=O)O)cc2)c1. The minimum Gasteiger partial charge on any atom is -0.497 e. The molecule has 25 heavy (non-hydrogen) atoms. The summed E-state index contributed by atoms with van der Waals surface area (Å²) in [7, 11) is 1.50. The number of hydrogen-bond acceptors (Lipinski definition) is 5. The Labute approximate surface area is 144 Å². The van der Waals surface area contributed by atoms with E-state index in [0.29, 0.717) is 22.6 Å². The average Bonchev–Trinajstić information content (AvgIpc) is 2.64. The second-order valence-electron chi connectivity index (χ2n) is 4.98. The zero-order chi connectivity index (χ0) is 18.2. The van der Waals surface area contributed by atoms with Crippen LogP contribution in [0.25, 0.3) is 6.08 Å². The van der Waals surface area contributed by atoms with Gasteiger partial charge in [-0.1, -0.05) is 24.3 Å². The fraction of sp³-hybridized carbons (Fsp3) is 0.105. The zero-order valence-corrected chi connectivity index (χ0v) is 13.4. The summed E-state index contributed by atoms with van der Waals surface area (Å²) in [6, 6.07) is 14.9. The smallest absolute Gasteiger partial charge is 0.341 e. The average molecular weight is 337 g/mol. The number of ether oxygens (including phenoxy) is 2. The van der Waals surface area contributed by atoms with Crippen LogP contribution in [0.1, 0.15) is 15.9 Å². The van der Waals surface area contributed by atoms with Crippen molar-refractivity contribution in [1.82, 2.24) is 0 Å². The molecule has 2 aromatic carbocycles. The van der Waals surface area contributed by atoms with Gasteiger partial charge in [-0.25, -0.2) is 4.79 Å². The van der Waals surface area contributed by atoms with Gasteiger partial charge in [-0.15, -0.1) is 0 Å². The van der Waals surface area contributed by atoms with Crippen molar-refractivity contribution in [3.63, 3.8) is 0 Å². The number of carbonyl (C=O) groups is 2. The van der Waals surface area contributed by atoms with Crippen molar-refractivity contribution >= 4 is 17.8 Å². The lowest BCUT2D eigenvalue weighted by Crippen LogP contribution is -2.09. The highest BCUT2D eigenvalue weighted by Crippen LogP contribution is 2.19. The van der Waals surface area contributed by atoms with Gasteiger partial charge in [0, 0.05) is 5.56 Å². The number of Topliss-reactive ketones (excluding diaryl/α,β-unsaturated/α-hetero) is 1. The second-order valence-corrected chi connectivity index (χ2v) is 4.98. The van der Waals surface area contributed by atoms with Gasteiger partial charge in [0.2, 0.25) is 5.78 Å².